The molecule has 0 amide bonds. The van der Waals surface area contributed by atoms with Gasteiger partial charge in [0, 0.05) is 37.0 Å². The van der Waals surface area contributed by atoms with Gasteiger partial charge in [-0.15, -0.1) is 11.6 Å². The molecule has 0 atom stereocenters. The number of halogens is 2. The molecule has 21 heavy (non-hydrogen) atoms. The van der Waals surface area contributed by atoms with Crippen molar-refractivity contribution in [1.82, 2.24) is 8.87 Å². The molecule has 1 aromatic heterocycles. The summed E-state index contributed by atoms with van der Waals surface area (Å²) < 4.78 is 29.1. The van der Waals surface area contributed by atoms with Gasteiger partial charge in [0.2, 0.25) is 10.0 Å². The Morgan fingerprint density at radius 3 is 2.57 bits per heavy atom. The first-order valence-electron chi connectivity index (χ1n) is 6.27. The lowest BCUT2D eigenvalue weighted by molar-refractivity contribution is 0.466. The molecule has 0 saturated carbocycles. The molecule has 114 valence electrons. The maximum atomic E-state index is 12.6. The van der Waals surface area contributed by atoms with Crippen LogP contribution in [0.2, 0.25) is 0 Å². The Labute approximate surface area is 138 Å². The predicted molar refractivity (Wildman–Crippen MR) is 87.8 cm³/mol. The molecule has 7 heteroatoms. The first-order chi connectivity index (χ1) is 9.86. The highest BCUT2D eigenvalue weighted by atomic mass is 79.9. The molecule has 0 fully saturated rings. The van der Waals surface area contributed by atoms with Gasteiger partial charge in [-0.2, -0.15) is 4.31 Å². The molecule has 1 heterocycles. The summed E-state index contributed by atoms with van der Waals surface area (Å²) in [5.41, 5.74) is 1.68. The lowest BCUT2D eigenvalue weighted by Crippen LogP contribution is -2.26. The lowest BCUT2D eigenvalue weighted by atomic mass is 10.2. The fourth-order valence-corrected chi connectivity index (χ4v) is 3.90. The minimum atomic E-state index is -3.53. The van der Waals surface area contributed by atoms with Gasteiger partial charge in [0.05, 0.1) is 5.88 Å². The molecule has 4 nitrogen and oxygen atoms in total. The summed E-state index contributed by atoms with van der Waals surface area (Å²) in [6.45, 7) is 0.300. The van der Waals surface area contributed by atoms with Crippen LogP contribution in [0, 0.1) is 0 Å². The van der Waals surface area contributed by atoms with E-state index in [0.717, 1.165) is 15.7 Å². The van der Waals surface area contributed by atoms with Gasteiger partial charge in [0.1, 0.15) is 4.90 Å². The van der Waals surface area contributed by atoms with Crippen molar-refractivity contribution >= 4 is 37.6 Å². The van der Waals surface area contributed by atoms with E-state index in [1.807, 2.05) is 24.3 Å². The van der Waals surface area contributed by atoms with E-state index in [4.69, 9.17) is 11.6 Å². The van der Waals surface area contributed by atoms with Crippen LogP contribution in [0.3, 0.4) is 0 Å². The van der Waals surface area contributed by atoms with Crippen LogP contribution >= 0.6 is 27.5 Å². The maximum Gasteiger partial charge on any atom is 0.244 e. The van der Waals surface area contributed by atoms with E-state index in [-0.39, 0.29) is 10.8 Å². The number of hydrogen-bond donors (Lipinski definition) is 0. The second-order valence-electron chi connectivity index (χ2n) is 4.76. The van der Waals surface area contributed by atoms with Gasteiger partial charge in [-0.25, -0.2) is 8.42 Å². The molecule has 0 aliphatic heterocycles. The molecule has 0 bridgehead atoms. The minimum Gasteiger partial charge on any atom is -0.352 e. The van der Waals surface area contributed by atoms with Crippen molar-refractivity contribution in [1.29, 1.82) is 0 Å². The van der Waals surface area contributed by atoms with Gasteiger partial charge in [0.25, 0.3) is 0 Å². The molecular formula is C14H16BrClN2O2S. The molecule has 2 aromatic rings. The number of sulfonamides is 1. The fourth-order valence-electron chi connectivity index (χ4n) is 1.98. The van der Waals surface area contributed by atoms with E-state index in [2.05, 4.69) is 15.9 Å². The first kappa shape index (κ1) is 16.5. The van der Waals surface area contributed by atoms with Crippen LogP contribution in [-0.2, 0) is 29.5 Å². The van der Waals surface area contributed by atoms with Gasteiger partial charge in [0.15, 0.2) is 0 Å². The highest BCUT2D eigenvalue weighted by molar-refractivity contribution is 9.10. The van der Waals surface area contributed by atoms with Crippen molar-refractivity contribution in [3.05, 3.63) is 52.3 Å². The van der Waals surface area contributed by atoms with Crippen LogP contribution in [0.1, 0.15) is 11.3 Å². The topological polar surface area (TPSA) is 42.3 Å². The van der Waals surface area contributed by atoms with Gasteiger partial charge in [-0.05, 0) is 17.7 Å². The molecule has 0 radical (unpaired) electrons. The van der Waals surface area contributed by atoms with E-state index in [0.29, 0.717) is 6.54 Å². The van der Waals surface area contributed by atoms with Crippen molar-refractivity contribution in [2.45, 2.75) is 17.3 Å². The van der Waals surface area contributed by atoms with Gasteiger partial charge in [-0.1, -0.05) is 34.1 Å². The Balaban J connectivity index is 2.28. The normalized spacial score (nSPS) is 12.0. The van der Waals surface area contributed by atoms with Crippen LogP contribution in [0.15, 0.2) is 45.9 Å². The molecule has 0 aliphatic carbocycles. The molecule has 2 rings (SSSR count). The van der Waals surface area contributed by atoms with Gasteiger partial charge in [-0.3, -0.25) is 0 Å². The zero-order chi connectivity index (χ0) is 15.6. The monoisotopic (exact) mass is 390 g/mol. The van der Waals surface area contributed by atoms with Crippen molar-refractivity contribution in [3.8, 4) is 0 Å². The SMILES string of the molecule is CN(Cc1ccccc1Br)S(=O)(=O)c1cc(CCl)n(C)c1. The second kappa shape index (κ2) is 6.52. The summed E-state index contributed by atoms with van der Waals surface area (Å²) in [6.07, 6.45) is 1.59. The number of aryl methyl sites for hydroxylation is 1. The summed E-state index contributed by atoms with van der Waals surface area (Å²) in [5, 5.41) is 0. The van der Waals surface area contributed by atoms with E-state index in [1.165, 1.54) is 4.31 Å². The van der Waals surface area contributed by atoms with Crippen molar-refractivity contribution < 1.29 is 8.42 Å². The van der Waals surface area contributed by atoms with Gasteiger partial charge < -0.3 is 4.57 Å². The summed E-state index contributed by atoms with van der Waals surface area (Å²) in [4.78, 5) is 0.259. The highest BCUT2D eigenvalue weighted by Crippen LogP contribution is 2.23. The van der Waals surface area contributed by atoms with Crippen LogP contribution in [0.5, 0.6) is 0 Å². The molecular weight excluding hydrogens is 376 g/mol. The number of benzene rings is 1. The number of hydrogen-bond acceptors (Lipinski definition) is 2. The molecule has 0 unspecified atom stereocenters. The first-order valence-corrected chi connectivity index (χ1v) is 9.04. The number of nitrogens with zero attached hydrogens (tertiary/aromatic N) is 2. The lowest BCUT2D eigenvalue weighted by Gasteiger charge is -2.17. The van der Waals surface area contributed by atoms with Crippen LogP contribution in [0.4, 0.5) is 0 Å². The molecule has 0 N–H and O–H groups in total. The smallest absolute Gasteiger partial charge is 0.244 e. The molecule has 1 aromatic carbocycles. The number of rotatable bonds is 5. The van der Waals surface area contributed by atoms with Gasteiger partial charge >= 0.3 is 0 Å². The quantitative estimate of drug-likeness (QED) is 0.734. The van der Waals surface area contributed by atoms with Crippen LogP contribution in [0.25, 0.3) is 0 Å². The summed E-state index contributed by atoms with van der Waals surface area (Å²) in [5.74, 6) is 0.278. The second-order valence-corrected chi connectivity index (χ2v) is 7.93. The largest absolute Gasteiger partial charge is 0.352 e. The Bertz CT molecular complexity index is 743. The van der Waals surface area contributed by atoms with Crippen LogP contribution in [-0.4, -0.2) is 24.3 Å². The van der Waals surface area contributed by atoms with Crippen LogP contribution < -0.4 is 0 Å². The zero-order valence-electron chi connectivity index (χ0n) is 11.8. The Kier molecular flexibility index (Phi) is 5.14. The average Bonchev–Trinajstić information content (AvgIpc) is 2.83. The van der Waals surface area contributed by atoms with E-state index in [9.17, 15) is 8.42 Å². The standard InChI is InChI=1S/C14H16BrClN2O2S/c1-17-10-13(7-12(17)8-16)21(19,20)18(2)9-11-5-3-4-6-14(11)15/h3-7,10H,8-9H2,1-2H3. The fraction of sp³-hybridized carbons (Fsp3) is 0.286. The average molecular weight is 392 g/mol. The van der Waals surface area contributed by atoms with E-state index >= 15 is 0 Å². The summed E-state index contributed by atoms with van der Waals surface area (Å²) in [7, 11) is -0.179. The van der Waals surface area contributed by atoms with Crippen molar-refractivity contribution in [3.63, 3.8) is 0 Å². The number of alkyl halides is 1. The Morgan fingerprint density at radius 2 is 2.00 bits per heavy atom. The molecule has 0 aliphatic rings. The third-order valence-electron chi connectivity index (χ3n) is 3.28. The minimum absolute atomic E-state index is 0.259. The van der Waals surface area contributed by atoms with Crippen molar-refractivity contribution in [2.24, 2.45) is 7.05 Å². The third kappa shape index (κ3) is 3.51. The Hall–Kier alpha value is -0.820. The zero-order valence-corrected chi connectivity index (χ0v) is 14.9. The Morgan fingerprint density at radius 1 is 1.33 bits per heavy atom. The van der Waals surface area contributed by atoms with E-state index < -0.39 is 10.0 Å². The summed E-state index contributed by atoms with van der Waals surface area (Å²) >= 11 is 9.22. The maximum absolute atomic E-state index is 12.6. The summed E-state index contributed by atoms with van der Waals surface area (Å²) in [6, 6.07) is 9.18. The van der Waals surface area contributed by atoms with Crippen molar-refractivity contribution in [2.75, 3.05) is 7.05 Å². The molecule has 0 spiro atoms. The highest BCUT2D eigenvalue weighted by Gasteiger charge is 2.23. The van der Waals surface area contributed by atoms with E-state index in [1.54, 1.807) is 30.9 Å². The molecule has 0 saturated heterocycles. The third-order valence-corrected chi connectivity index (χ3v) is 6.09. The number of aromatic nitrogens is 1. The predicted octanol–water partition coefficient (Wildman–Crippen LogP) is 3.35.